The van der Waals surface area contributed by atoms with E-state index >= 15 is 0 Å². The molecule has 2 fully saturated rings. The zero-order chi connectivity index (χ0) is 12.5. The molecule has 1 aliphatic heterocycles. The minimum absolute atomic E-state index is 0.221. The van der Waals surface area contributed by atoms with Crippen molar-refractivity contribution in [3.8, 4) is 0 Å². The van der Waals surface area contributed by atoms with E-state index in [-0.39, 0.29) is 11.3 Å². The number of amides is 1. The molecule has 2 nitrogen and oxygen atoms in total. The van der Waals surface area contributed by atoms with Gasteiger partial charge in [0.2, 0.25) is 5.91 Å². The summed E-state index contributed by atoms with van der Waals surface area (Å²) in [5, 5.41) is 1.03. The predicted molar refractivity (Wildman–Crippen MR) is 74.2 cm³/mol. The molecule has 98 valence electrons. The molecule has 3 heteroatoms. The topological polar surface area (TPSA) is 20.3 Å². The van der Waals surface area contributed by atoms with Crippen LogP contribution in [0.4, 0.5) is 0 Å². The van der Waals surface area contributed by atoms with Gasteiger partial charge in [0.1, 0.15) is 0 Å². The van der Waals surface area contributed by atoms with Crippen LogP contribution in [-0.2, 0) is 4.79 Å². The minimum Gasteiger partial charge on any atom is -0.342 e. The van der Waals surface area contributed by atoms with Crippen molar-refractivity contribution in [2.24, 2.45) is 17.3 Å². The first-order valence-electron chi connectivity index (χ1n) is 6.89. The van der Waals surface area contributed by atoms with Gasteiger partial charge in [-0.15, -0.1) is 0 Å². The Hall–Kier alpha value is -0.0500. The number of alkyl halides is 1. The van der Waals surface area contributed by atoms with Crippen LogP contribution in [-0.4, -0.2) is 29.2 Å². The molecule has 2 atom stereocenters. The van der Waals surface area contributed by atoms with Crippen molar-refractivity contribution in [2.45, 2.75) is 46.0 Å². The van der Waals surface area contributed by atoms with E-state index in [0.29, 0.717) is 11.8 Å². The van der Waals surface area contributed by atoms with Gasteiger partial charge in [0.25, 0.3) is 0 Å². The third-order valence-electron chi connectivity index (χ3n) is 4.60. The van der Waals surface area contributed by atoms with Gasteiger partial charge in [-0.2, -0.15) is 0 Å². The van der Waals surface area contributed by atoms with Crippen molar-refractivity contribution < 1.29 is 4.79 Å². The van der Waals surface area contributed by atoms with Crippen molar-refractivity contribution in [1.82, 2.24) is 4.90 Å². The van der Waals surface area contributed by atoms with Crippen LogP contribution in [0, 0.1) is 17.3 Å². The van der Waals surface area contributed by atoms with Crippen molar-refractivity contribution in [1.29, 1.82) is 0 Å². The number of piperidine rings is 1. The molecule has 0 radical (unpaired) electrons. The van der Waals surface area contributed by atoms with E-state index in [0.717, 1.165) is 24.8 Å². The van der Waals surface area contributed by atoms with Gasteiger partial charge in [-0.25, -0.2) is 0 Å². The molecule has 1 amide bonds. The maximum absolute atomic E-state index is 12.6. The van der Waals surface area contributed by atoms with Crippen LogP contribution in [0.3, 0.4) is 0 Å². The fourth-order valence-corrected chi connectivity index (χ4v) is 3.92. The highest BCUT2D eigenvalue weighted by Gasteiger charge is 2.41. The Bertz CT molecular complexity index is 290. The maximum Gasteiger partial charge on any atom is 0.226 e. The Balaban J connectivity index is 1.99. The third-order valence-corrected chi connectivity index (χ3v) is 5.52. The summed E-state index contributed by atoms with van der Waals surface area (Å²) in [7, 11) is 0. The summed E-state index contributed by atoms with van der Waals surface area (Å²) in [4.78, 5) is 14.7. The summed E-state index contributed by atoms with van der Waals surface area (Å²) in [5.74, 6) is 1.37. The molecule has 17 heavy (non-hydrogen) atoms. The van der Waals surface area contributed by atoms with Crippen LogP contribution in [0.25, 0.3) is 0 Å². The smallest absolute Gasteiger partial charge is 0.226 e. The molecule has 0 aromatic heterocycles. The monoisotopic (exact) mass is 301 g/mol. The normalized spacial score (nSPS) is 32.8. The first-order chi connectivity index (χ1) is 8.04. The van der Waals surface area contributed by atoms with E-state index < -0.39 is 0 Å². The maximum atomic E-state index is 12.6. The second-order valence-electron chi connectivity index (χ2n) is 6.38. The molecule has 1 aliphatic carbocycles. The summed E-state index contributed by atoms with van der Waals surface area (Å²) in [6, 6.07) is 0. The van der Waals surface area contributed by atoms with E-state index in [1.54, 1.807) is 0 Å². The lowest BCUT2D eigenvalue weighted by Gasteiger charge is -2.36. The van der Waals surface area contributed by atoms with Gasteiger partial charge in [0.05, 0.1) is 0 Å². The fraction of sp³-hybridized carbons (Fsp3) is 0.929. The third kappa shape index (κ3) is 2.86. The minimum atomic E-state index is 0.221. The summed E-state index contributed by atoms with van der Waals surface area (Å²) in [6.07, 6.45) is 5.97. The van der Waals surface area contributed by atoms with Crippen molar-refractivity contribution in [3.63, 3.8) is 0 Å². The quantitative estimate of drug-likeness (QED) is 0.716. The number of hydrogen-bond acceptors (Lipinski definition) is 1. The molecule has 1 heterocycles. The molecule has 2 rings (SSSR count). The van der Waals surface area contributed by atoms with E-state index in [1.165, 1.54) is 25.7 Å². The van der Waals surface area contributed by atoms with Crippen LogP contribution in [0.5, 0.6) is 0 Å². The highest BCUT2D eigenvalue weighted by Crippen LogP contribution is 2.43. The van der Waals surface area contributed by atoms with Crippen LogP contribution < -0.4 is 0 Å². The van der Waals surface area contributed by atoms with E-state index in [1.807, 2.05) is 0 Å². The van der Waals surface area contributed by atoms with Crippen molar-refractivity contribution in [2.75, 3.05) is 18.4 Å². The summed E-state index contributed by atoms with van der Waals surface area (Å²) in [5.41, 5.74) is 0.221. The van der Waals surface area contributed by atoms with Gasteiger partial charge in [-0.3, -0.25) is 4.79 Å². The van der Waals surface area contributed by atoms with Gasteiger partial charge in [0.15, 0.2) is 0 Å². The molecule has 0 aromatic rings. The number of likely N-dealkylation sites (tertiary alicyclic amines) is 1. The predicted octanol–water partition coefficient (Wildman–Crippen LogP) is 3.45. The molecule has 1 saturated heterocycles. The molecular formula is C14H24BrNO. The van der Waals surface area contributed by atoms with Crippen LogP contribution in [0.1, 0.15) is 46.0 Å². The zero-order valence-electron chi connectivity index (χ0n) is 11.0. The average molecular weight is 302 g/mol. The van der Waals surface area contributed by atoms with Gasteiger partial charge in [-0.05, 0) is 37.0 Å². The average Bonchev–Trinajstić information content (AvgIpc) is 2.68. The number of carbonyl (C=O) groups is 1. The molecule has 0 spiro atoms. The Morgan fingerprint density at radius 3 is 2.71 bits per heavy atom. The molecule has 1 saturated carbocycles. The summed E-state index contributed by atoms with van der Waals surface area (Å²) in [6.45, 7) is 6.47. The number of carbonyl (C=O) groups excluding carboxylic acids is 1. The molecule has 0 bridgehead atoms. The van der Waals surface area contributed by atoms with Crippen LogP contribution >= 0.6 is 15.9 Å². The van der Waals surface area contributed by atoms with Crippen molar-refractivity contribution in [3.05, 3.63) is 0 Å². The summed E-state index contributed by atoms with van der Waals surface area (Å²) >= 11 is 3.56. The fourth-order valence-electron chi connectivity index (χ4n) is 3.40. The summed E-state index contributed by atoms with van der Waals surface area (Å²) < 4.78 is 0. The number of hydrogen-bond donors (Lipinski definition) is 0. The van der Waals surface area contributed by atoms with Gasteiger partial charge < -0.3 is 4.90 Å². The SMILES string of the molecule is CC1(C)CCCC1C(=O)N1CCCC(CBr)C1. The Labute approximate surface area is 113 Å². The molecular weight excluding hydrogens is 278 g/mol. The lowest BCUT2D eigenvalue weighted by Crippen LogP contribution is -2.45. The number of halogens is 1. The lowest BCUT2D eigenvalue weighted by atomic mass is 9.80. The van der Waals surface area contributed by atoms with E-state index in [9.17, 15) is 4.79 Å². The Morgan fingerprint density at radius 2 is 2.12 bits per heavy atom. The first kappa shape index (κ1) is 13.4. The van der Waals surface area contributed by atoms with Gasteiger partial charge >= 0.3 is 0 Å². The highest BCUT2D eigenvalue weighted by molar-refractivity contribution is 9.09. The standard InChI is InChI=1S/C14H24BrNO/c1-14(2)7-3-6-12(14)13(17)16-8-4-5-11(9-15)10-16/h11-12H,3-10H2,1-2H3. The Morgan fingerprint density at radius 1 is 1.35 bits per heavy atom. The van der Waals surface area contributed by atoms with E-state index in [4.69, 9.17) is 0 Å². The number of rotatable bonds is 2. The molecule has 2 unspecified atom stereocenters. The second-order valence-corrected chi connectivity index (χ2v) is 7.03. The highest BCUT2D eigenvalue weighted by atomic mass is 79.9. The van der Waals surface area contributed by atoms with E-state index in [2.05, 4.69) is 34.7 Å². The van der Waals surface area contributed by atoms with Crippen LogP contribution in [0.2, 0.25) is 0 Å². The molecule has 0 aromatic carbocycles. The van der Waals surface area contributed by atoms with Gasteiger partial charge in [0, 0.05) is 24.3 Å². The Kier molecular flexibility index (Phi) is 4.17. The zero-order valence-corrected chi connectivity index (χ0v) is 12.6. The number of nitrogens with zero attached hydrogens (tertiary/aromatic N) is 1. The second kappa shape index (κ2) is 5.29. The molecule has 2 aliphatic rings. The lowest BCUT2D eigenvalue weighted by molar-refractivity contribution is -0.140. The van der Waals surface area contributed by atoms with Gasteiger partial charge in [-0.1, -0.05) is 36.2 Å². The first-order valence-corrected chi connectivity index (χ1v) is 8.01. The largest absolute Gasteiger partial charge is 0.342 e. The molecule has 0 N–H and O–H groups in total. The van der Waals surface area contributed by atoms with Crippen molar-refractivity contribution >= 4 is 21.8 Å². The van der Waals surface area contributed by atoms with Crippen LogP contribution in [0.15, 0.2) is 0 Å².